The second kappa shape index (κ2) is 6.97. The highest BCUT2D eigenvalue weighted by atomic mass is 16.5. The molecule has 0 spiro atoms. The number of esters is 1. The molecule has 2 fully saturated rings. The molecule has 2 aliphatic heterocycles. The number of hydrogen-bond acceptors (Lipinski definition) is 5. The van der Waals surface area contributed by atoms with E-state index in [0.29, 0.717) is 19.7 Å². The average molecular weight is 334 g/mol. The van der Waals surface area contributed by atoms with Crippen molar-refractivity contribution in [3.05, 3.63) is 24.2 Å². The van der Waals surface area contributed by atoms with Gasteiger partial charge in [0, 0.05) is 32.5 Å². The molecule has 132 valence electrons. The van der Waals surface area contributed by atoms with Crippen LogP contribution in [0, 0.1) is 11.3 Å². The molecule has 3 heterocycles. The fraction of sp³-hybridized carbons (Fsp3) is 0.667. The summed E-state index contributed by atoms with van der Waals surface area (Å²) in [6.45, 7) is 7.35. The number of furan rings is 1. The molecule has 2 aliphatic rings. The van der Waals surface area contributed by atoms with Crippen LogP contribution in [-0.2, 0) is 20.9 Å². The van der Waals surface area contributed by atoms with E-state index in [2.05, 4.69) is 4.90 Å². The van der Waals surface area contributed by atoms with Crippen molar-refractivity contribution in [3.63, 3.8) is 0 Å². The van der Waals surface area contributed by atoms with Crippen LogP contribution in [0.5, 0.6) is 0 Å². The molecule has 0 unspecified atom stereocenters. The molecule has 0 aliphatic carbocycles. The number of likely N-dealkylation sites (tertiary alicyclic amines) is 2. The number of nitrogens with zero attached hydrogens (tertiary/aromatic N) is 2. The summed E-state index contributed by atoms with van der Waals surface area (Å²) in [5, 5.41) is 0. The Hall–Kier alpha value is -1.82. The van der Waals surface area contributed by atoms with Crippen molar-refractivity contribution < 1.29 is 18.7 Å². The lowest BCUT2D eigenvalue weighted by atomic mass is 9.75. The molecule has 0 radical (unpaired) electrons. The highest BCUT2D eigenvalue weighted by molar-refractivity contribution is 5.81. The minimum absolute atomic E-state index is 0.0318. The van der Waals surface area contributed by atoms with E-state index in [0.717, 1.165) is 38.2 Å². The number of amides is 1. The normalized spacial score (nSPS) is 27.6. The zero-order chi connectivity index (χ0) is 17.2. The summed E-state index contributed by atoms with van der Waals surface area (Å²) in [6.07, 6.45) is 3.37. The summed E-state index contributed by atoms with van der Waals surface area (Å²) in [7, 11) is 0. The maximum absolute atomic E-state index is 12.7. The Balaban J connectivity index is 1.80. The zero-order valence-corrected chi connectivity index (χ0v) is 14.5. The van der Waals surface area contributed by atoms with Gasteiger partial charge in [0.05, 0.1) is 24.8 Å². The van der Waals surface area contributed by atoms with E-state index < -0.39 is 5.41 Å². The van der Waals surface area contributed by atoms with Crippen LogP contribution in [-0.4, -0.2) is 54.5 Å². The average Bonchev–Trinajstić information content (AvgIpc) is 3.13. The molecular formula is C18H26N2O4. The molecule has 0 aromatic carbocycles. The predicted octanol–water partition coefficient (Wildman–Crippen LogP) is 1.90. The summed E-state index contributed by atoms with van der Waals surface area (Å²) >= 11 is 0. The second-order valence-corrected chi connectivity index (χ2v) is 6.89. The van der Waals surface area contributed by atoms with Gasteiger partial charge in [-0.2, -0.15) is 0 Å². The Morgan fingerprint density at radius 2 is 2.25 bits per heavy atom. The smallest absolute Gasteiger partial charge is 0.314 e. The summed E-state index contributed by atoms with van der Waals surface area (Å²) in [4.78, 5) is 28.8. The molecule has 1 aromatic heterocycles. The molecule has 2 atom stereocenters. The topological polar surface area (TPSA) is 63.0 Å². The number of fused-ring (bicyclic) bond motifs is 1. The van der Waals surface area contributed by atoms with Crippen molar-refractivity contribution in [1.82, 2.24) is 9.80 Å². The van der Waals surface area contributed by atoms with Crippen LogP contribution in [0.25, 0.3) is 0 Å². The molecule has 6 nitrogen and oxygen atoms in total. The minimum atomic E-state index is -0.556. The first kappa shape index (κ1) is 17.0. The van der Waals surface area contributed by atoms with Gasteiger partial charge in [0.2, 0.25) is 5.91 Å². The van der Waals surface area contributed by atoms with Gasteiger partial charge >= 0.3 is 5.97 Å². The molecule has 0 saturated carbocycles. The van der Waals surface area contributed by atoms with Gasteiger partial charge in [-0.1, -0.05) is 0 Å². The van der Waals surface area contributed by atoms with E-state index in [1.165, 1.54) is 0 Å². The van der Waals surface area contributed by atoms with Gasteiger partial charge in [-0.05, 0) is 38.4 Å². The monoisotopic (exact) mass is 334 g/mol. The van der Waals surface area contributed by atoms with E-state index >= 15 is 0 Å². The van der Waals surface area contributed by atoms with E-state index in [-0.39, 0.29) is 17.8 Å². The SMILES string of the molecule is CCOC(=O)[C@@]12CCCN(Cc3ccco3)C[C@@H]1CN(C(C)=O)C2. The van der Waals surface area contributed by atoms with Crippen LogP contribution in [0.15, 0.2) is 22.8 Å². The Morgan fingerprint density at radius 3 is 2.92 bits per heavy atom. The molecule has 1 aromatic rings. The largest absolute Gasteiger partial charge is 0.468 e. The first-order valence-corrected chi connectivity index (χ1v) is 8.72. The molecule has 1 amide bonds. The first-order valence-electron chi connectivity index (χ1n) is 8.72. The van der Waals surface area contributed by atoms with Crippen molar-refractivity contribution in [2.75, 3.05) is 32.8 Å². The molecule has 2 saturated heterocycles. The van der Waals surface area contributed by atoms with Crippen molar-refractivity contribution in [1.29, 1.82) is 0 Å². The Kier molecular flexibility index (Phi) is 4.94. The van der Waals surface area contributed by atoms with Crippen LogP contribution >= 0.6 is 0 Å². The number of carbonyl (C=O) groups excluding carboxylic acids is 2. The van der Waals surface area contributed by atoms with Gasteiger partial charge in [0.25, 0.3) is 0 Å². The fourth-order valence-corrected chi connectivity index (χ4v) is 4.13. The Labute approximate surface area is 142 Å². The molecule has 0 bridgehead atoms. The number of ether oxygens (including phenoxy) is 1. The van der Waals surface area contributed by atoms with Gasteiger partial charge in [-0.15, -0.1) is 0 Å². The van der Waals surface area contributed by atoms with Gasteiger partial charge in [-0.25, -0.2) is 0 Å². The van der Waals surface area contributed by atoms with Crippen LogP contribution in [0.3, 0.4) is 0 Å². The molecule has 24 heavy (non-hydrogen) atoms. The third-order valence-corrected chi connectivity index (χ3v) is 5.36. The maximum atomic E-state index is 12.7. The third-order valence-electron chi connectivity index (χ3n) is 5.36. The van der Waals surface area contributed by atoms with Crippen LogP contribution < -0.4 is 0 Å². The zero-order valence-electron chi connectivity index (χ0n) is 14.5. The van der Waals surface area contributed by atoms with Crippen LogP contribution in [0.4, 0.5) is 0 Å². The summed E-state index contributed by atoms with van der Waals surface area (Å²) in [6, 6.07) is 3.86. The standard InChI is InChI=1S/C18H26N2O4/c1-3-23-17(22)18-7-5-8-19(12-16-6-4-9-24-16)10-15(18)11-20(13-18)14(2)21/h4,6,9,15H,3,5,7-8,10-13H2,1-2H3/t15-,18-/m1/s1. The highest BCUT2D eigenvalue weighted by Crippen LogP contribution is 2.44. The van der Waals surface area contributed by atoms with Crippen LogP contribution in [0.1, 0.15) is 32.4 Å². The quantitative estimate of drug-likeness (QED) is 0.787. The van der Waals surface area contributed by atoms with E-state index in [1.54, 1.807) is 18.1 Å². The Morgan fingerprint density at radius 1 is 1.42 bits per heavy atom. The lowest BCUT2D eigenvalue weighted by Gasteiger charge is -2.31. The number of carbonyl (C=O) groups is 2. The summed E-state index contributed by atoms with van der Waals surface area (Å²) in [5.74, 6) is 0.931. The van der Waals surface area contributed by atoms with Gasteiger partial charge in [0.15, 0.2) is 0 Å². The van der Waals surface area contributed by atoms with Crippen molar-refractivity contribution in [2.24, 2.45) is 11.3 Å². The van der Waals surface area contributed by atoms with E-state index in [1.807, 2.05) is 19.1 Å². The van der Waals surface area contributed by atoms with E-state index in [4.69, 9.17) is 9.15 Å². The molecule has 6 heteroatoms. The fourth-order valence-electron chi connectivity index (χ4n) is 4.13. The maximum Gasteiger partial charge on any atom is 0.314 e. The highest BCUT2D eigenvalue weighted by Gasteiger charge is 2.54. The number of hydrogen-bond donors (Lipinski definition) is 0. The predicted molar refractivity (Wildman–Crippen MR) is 88.0 cm³/mol. The lowest BCUT2D eigenvalue weighted by Crippen LogP contribution is -2.42. The van der Waals surface area contributed by atoms with Crippen molar-refractivity contribution >= 4 is 11.9 Å². The second-order valence-electron chi connectivity index (χ2n) is 6.89. The summed E-state index contributed by atoms with van der Waals surface area (Å²) < 4.78 is 10.9. The molecule has 3 rings (SSSR count). The van der Waals surface area contributed by atoms with Gasteiger partial charge in [0.1, 0.15) is 5.76 Å². The van der Waals surface area contributed by atoms with E-state index in [9.17, 15) is 9.59 Å². The molecular weight excluding hydrogens is 308 g/mol. The van der Waals surface area contributed by atoms with Crippen LogP contribution in [0.2, 0.25) is 0 Å². The number of rotatable bonds is 4. The third kappa shape index (κ3) is 3.20. The van der Waals surface area contributed by atoms with Crippen molar-refractivity contribution in [3.8, 4) is 0 Å². The lowest BCUT2D eigenvalue weighted by molar-refractivity contribution is -0.157. The van der Waals surface area contributed by atoms with Gasteiger partial charge < -0.3 is 14.1 Å². The molecule has 0 N–H and O–H groups in total. The minimum Gasteiger partial charge on any atom is -0.468 e. The summed E-state index contributed by atoms with van der Waals surface area (Å²) in [5.41, 5.74) is -0.556. The van der Waals surface area contributed by atoms with Gasteiger partial charge in [-0.3, -0.25) is 14.5 Å². The first-order chi connectivity index (χ1) is 11.5. The Bertz CT molecular complexity index is 586. The van der Waals surface area contributed by atoms with Crippen molar-refractivity contribution in [2.45, 2.75) is 33.2 Å².